The molecule has 0 aliphatic rings. The zero-order valence-corrected chi connectivity index (χ0v) is 10.5. The number of nitrogens with zero attached hydrogens (tertiary/aromatic N) is 2. The van der Waals surface area contributed by atoms with Crippen LogP contribution < -0.4 is 5.32 Å². The molecule has 0 atom stereocenters. The van der Waals surface area contributed by atoms with Crippen molar-refractivity contribution in [3.8, 4) is 0 Å². The Kier molecular flexibility index (Phi) is 3.74. The predicted molar refractivity (Wildman–Crippen MR) is 67.7 cm³/mol. The maximum absolute atomic E-state index is 4.15. The van der Waals surface area contributed by atoms with E-state index in [0.717, 1.165) is 19.5 Å². The van der Waals surface area contributed by atoms with Gasteiger partial charge in [-0.3, -0.25) is 4.68 Å². The van der Waals surface area contributed by atoms with Gasteiger partial charge in [-0.25, -0.2) is 0 Å². The average molecular weight is 235 g/mol. The molecule has 86 valence electrons. The Morgan fingerprint density at radius 2 is 2.38 bits per heavy atom. The van der Waals surface area contributed by atoms with Gasteiger partial charge in [-0.15, -0.1) is 11.3 Å². The first-order chi connectivity index (χ1) is 7.75. The lowest BCUT2D eigenvalue weighted by atomic mass is 10.2. The minimum Gasteiger partial charge on any atom is -0.312 e. The molecule has 0 radical (unpaired) electrons. The Morgan fingerprint density at radius 3 is 3.00 bits per heavy atom. The van der Waals surface area contributed by atoms with Gasteiger partial charge in [-0.05, 0) is 42.5 Å². The summed E-state index contributed by atoms with van der Waals surface area (Å²) in [5.41, 5.74) is 2.68. The zero-order chi connectivity index (χ0) is 11.4. The van der Waals surface area contributed by atoms with Crippen molar-refractivity contribution < 1.29 is 0 Å². The molecule has 0 unspecified atom stereocenters. The summed E-state index contributed by atoms with van der Waals surface area (Å²) in [6.45, 7) is 4.14. The summed E-state index contributed by atoms with van der Waals surface area (Å²) in [4.78, 5) is 1.44. The van der Waals surface area contributed by atoms with E-state index in [2.05, 4.69) is 35.0 Å². The summed E-state index contributed by atoms with van der Waals surface area (Å²) in [6, 6.07) is 2.17. The van der Waals surface area contributed by atoms with Crippen LogP contribution in [0.4, 0.5) is 0 Å². The van der Waals surface area contributed by atoms with Crippen molar-refractivity contribution in [1.82, 2.24) is 15.1 Å². The van der Waals surface area contributed by atoms with Crippen molar-refractivity contribution in [3.63, 3.8) is 0 Å². The first-order valence-corrected chi connectivity index (χ1v) is 6.35. The Balaban J connectivity index is 1.71. The summed E-state index contributed by atoms with van der Waals surface area (Å²) in [5.74, 6) is 0. The van der Waals surface area contributed by atoms with Crippen LogP contribution in [0.2, 0.25) is 0 Å². The fraction of sp³-hybridized carbons (Fsp3) is 0.417. The molecule has 2 aromatic rings. The molecule has 1 N–H and O–H groups in total. The van der Waals surface area contributed by atoms with Crippen LogP contribution in [0, 0.1) is 6.92 Å². The van der Waals surface area contributed by atoms with E-state index >= 15 is 0 Å². The van der Waals surface area contributed by atoms with Crippen molar-refractivity contribution >= 4 is 11.3 Å². The fourth-order valence-corrected chi connectivity index (χ4v) is 2.50. The van der Waals surface area contributed by atoms with Gasteiger partial charge in [0, 0.05) is 24.7 Å². The van der Waals surface area contributed by atoms with Crippen LogP contribution in [-0.2, 0) is 20.0 Å². The lowest BCUT2D eigenvalue weighted by Gasteiger charge is -2.02. The number of hydrogen-bond acceptors (Lipinski definition) is 3. The minimum atomic E-state index is 0.976. The van der Waals surface area contributed by atoms with Crippen molar-refractivity contribution in [2.45, 2.75) is 19.9 Å². The van der Waals surface area contributed by atoms with Crippen LogP contribution in [-0.4, -0.2) is 16.3 Å². The second-order valence-electron chi connectivity index (χ2n) is 3.98. The molecule has 0 fully saturated rings. The van der Waals surface area contributed by atoms with E-state index in [4.69, 9.17) is 0 Å². The van der Waals surface area contributed by atoms with Gasteiger partial charge in [-0.1, -0.05) is 0 Å². The van der Waals surface area contributed by atoms with E-state index in [-0.39, 0.29) is 0 Å². The monoisotopic (exact) mass is 235 g/mol. The Labute approximate surface area is 100 Å². The summed E-state index contributed by atoms with van der Waals surface area (Å²) in [5, 5.41) is 9.76. The molecule has 0 aliphatic carbocycles. The number of nitrogens with one attached hydrogen (secondary N) is 1. The second kappa shape index (κ2) is 5.27. The van der Waals surface area contributed by atoms with Crippen molar-refractivity contribution in [2.24, 2.45) is 7.05 Å². The van der Waals surface area contributed by atoms with Gasteiger partial charge in [0.25, 0.3) is 0 Å². The van der Waals surface area contributed by atoms with E-state index in [1.54, 1.807) is 0 Å². The van der Waals surface area contributed by atoms with Crippen LogP contribution in [0.25, 0.3) is 0 Å². The molecular formula is C12H17N3S. The second-order valence-corrected chi connectivity index (χ2v) is 4.98. The molecule has 0 bridgehead atoms. The number of aromatic nitrogens is 2. The van der Waals surface area contributed by atoms with E-state index in [0.29, 0.717) is 0 Å². The third kappa shape index (κ3) is 2.93. The van der Waals surface area contributed by atoms with Gasteiger partial charge in [0.2, 0.25) is 0 Å². The van der Waals surface area contributed by atoms with E-state index < -0.39 is 0 Å². The number of rotatable bonds is 5. The normalized spacial score (nSPS) is 10.9. The van der Waals surface area contributed by atoms with Gasteiger partial charge in [-0.2, -0.15) is 5.10 Å². The average Bonchev–Trinajstić information content (AvgIpc) is 2.83. The fourth-order valence-electron chi connectivity index (χ4n) is 1.62. The molecule has 4 heteroatoms. The first kappa shape index (κ1) is 11.4. The lowest BCUT2D eigenvalue weighted by molar-refractivity contribution is 0.691. The van der Waals surface area contributed by atoms with E-state index in [1.165, 1.54) is 16.0 Å². The van der Waals surface area contributed by atoms with Crippen LogP contribution in [0.5, 0.6) is 0 Å². The van der Waals surface area contributed by atoms with Gasteiger partial charge in [0.05, 0.1) is 6.20 Å². The minimum absolute atomic E-state index is 0.976. The third-order valence-electron chi connectivity index (χ3n) is 2.60. The predicted octanol–water partition coefficient (Wildman–Crippen LogP) is 2.12. The van der Waals surface area contributed by atoms with Crippen LogP contribution in [0.3, 0.4) is 0 Å². The molecule has 2 heterocycles. The highest BCUT2D eigenvalue weighted by Gasteiger charge is 1.99. The number of aryl methyl sites for hydroxylation is 2. The SMILES string of the molecule is Cc1ccsc1CNCCc1cnn(C)c1. The summed E-state index contributed by atoms with van der Waals surface area (Å²) in [6.07, 6.45) is 5.04. The zero-order valence-electron chi connectivity index (χ0n) is 9.73. The molecule has 0 aliphatic heterocycles. The van der Waals surface area contributed by atoms with Crippen LogP contribution in [0.15, 0.2) is 23.8 Å². The molecule has 0 saturated heterocycles. The quantitative estimate of drug-likeness (QED) is 0.805. The molecular weight excluding hydrogens is 218 g/mol. The molecule has 0 amide bonds. The highest BCUT2D eigenvalue weighted by atomic mass is 32.1. The topological polar surface area (TPSA) is 29.9 Å². The van der Waals surface area contributed by atoms with Crippen LogP contribution in [0.1, 0.15) is 16.0 Å². The highest BCUT2D eigenvalue weighted by molar-refractivity contribution is 7.10. The van der Waals surface area contributed by atoms with Crippen molar-refractivity contribution in [2.75, 3.05) is 6.54 Å². The summed E-state index contributed by atoms with van der Waals surface area (Å²) < 4.78 is 1.85. The summed E-state index contributed by atoms with van der Waals surface area (Å²) >= 11 is 1.82. The molecule has 2 rings (SSSR count). The first-order valence-electron chi connectivity index (χ1n) is 5.47. The Hall–Kier alpha value is -1.13. The molecule has 0 aromatic carbocycles. The maximum Gasteiger partial charge on any atom is 0.0522 e. The Bertz CT molecular complexity index is 445. The van der Waals surface area contributed by atoms with Gasteiger partial charge in [0.15, 0.2) is 0 Å². The van der Waals surface area contributed by atoms with Gasteiger partial charge >= 0.3 is 0 Å². The number of hydrogen-bond donors (Lipinski definition) is 1. The van der Waals surface area contributed by atoms with E-state index in [1.807, 2.05) is 29.3 Å². The highest BCUT2D eigenvalue weighted by Crippen LogP contribution is 2.14. The van der Waals surface area contributed by atoms with E-state index in [9.17, 15) is 0 Å². The molecule has 0 spiro atoms. The van der Waals surface area contributed by atoms with Crippen molar-refractivity contribution in [1.29, 1.82) is 0 Å². The smallest absolute Gasteiger partial charge is 0.0522 e. The molecule has 2 aromatic heterocycles. The van der Waals surface area contributed by atoms with Crippen LogP contribution >= 0.6 is 11.3 Å². The Morgan fingerprint density at radius 1 is 1.50 bits per heavy atom. The molecule has 16 heavy (non-hydrogen) atoms. The largest absolute Gasteiger partial charge is 0.312 e. The van der Waals surface area contributed by atoms with Crippen molar-refractivity contribution in [3.05, 3.63) is 39.8 Å². The van der Waals surface area contributed by atoms with Gasteiger partial charge in [0.1, 0.15) is 0 Å². The van der Waals surface area contributed by atoms with Gasteiger partial charge < -0.3 is 5.32 Å². The number of thiophene rings is 1. The maximum atomic E-state index is 4.15. The molecule has 3 nitrogen and oxygen atoms in total. The molecule has 0 saturated carbocycles. The third-order valence-corrected chi connectivity index (χ3v) is 3.63. The standard InChI is InChI=1S/C12H17N3S/c1-10-4-6-16-12(10)8-13-5-3-11-7-14-15(2)9-11/h4,6-7,9,13H,3,5,8H2,1-2H3. The lowest BCUT2D eigenvalue weighted by Crippen LogP contribution is -2.16. The summed E-state index contributed by atoms with van der Waals surface area (Å²) in [7, 11) is 1.95.